The van der Waals surface area contributed by atoms with Crippen molar-refractivity contribution in [3.63, 3.8) is 0 Å². The van der Waals surface area contributed by atoms with E-state index in [1.54, 1.807) is 24.3 Å². The van der Waals surface area contributed by atoms with Crippen molar-refractivity contribution in [2.75, 3.05) is 0 Å². The van der Waals surface area contributed by atoms with Gasteiger partial charge in [-0.1, -0.05) is 0 Å². The number of azo groups is 1. The molecule has 0 aliphatic heterocycles. The number of nitrogens with zero attached hydrogens (tertiary/aromatic N) is 4. The van der Waals surface area contributed by atoms with Crippen LogP contribution in [0.2, 0.25) is 0 Å². The Labute approximate surface area is 207 Å². The van der Waals surface area contributed by atoms with Crippen LogP contribution in [0.3, 0.4) is 0 Å². The van der Waals surface area contributed by atoms with Crippen molar-refractivity contribution in [1.82, 2.24) is 0 Å². The molecule has 0 bridgehead atoms. The van der Waals surface area contributed by atoms with E-state index in [0.29, 0.717) is 0 Å². The zero-order valence-corrected chi connectivity index (χ0v) is 20.9. The molecule has 0 amide bonds. The molecular weight excluding hydrogens is 566 g/mol. The van der Waals surface area contributed by atoms with Crippen LogP contribution in [0.15, 0.2) is 107 Å². The number of benzene rings is 4. The normalized spacial score (nSPS) is 10.9. The standard InChI is InChI=1S/C24H16N4O4Se2/c29-27(30)19-5-13-23(14-6-19)33-21-9-1-17(2-10-21)25-26-18-3-11-22(12-4-18)34-24-15-7-20(8-16-24)28(31)32/h1-16H. The van der Waals surface area contributed by atoms with E-state index in [1.807, 2.05) is 48.5 Å². The van der Waals surface area contributed by atoms with Gasteiger partial charge in [0.25, 0.3) is 0 Å². The summed E-state index contributed by atoms with van der Waals surface area (Å²) in [6.45, 7) is 0. The molecule has 0 spiro atoms. The first kappa shape index (κ1) is 23.5. The number of hydrogen-bond acceptors (Lipinski definition) is 6. The molecule has 0 saturated heterocycles. The predicted molar refractivity (Wildman–Crippen MR) is 133 cm³/mol. The van der Waals surface area contributed by atoms with Crippen molar-refractivity contribution in [2.45, 2.75) is 0 Å². The fraction of sp³-hybridized carbons (Fsp3) is 0. The molecule has 0 aromatic heterocycles. The van der Waals surface area contributed by atoms with Crippen LogP contribution in [0, 0.1) is 20.2 Å². The van der Waals surface area contributed by atoms with Crippen LogP contribution in [-0.4, -0.2) is 39.8 Å². The summed E-state index contributed by atoms with van der Waals surface area (Å²) in [6.07, 6.45) is 0. The number of nitro groups is 2. The van der Waals surface area contributed by atoms with E-state index in [0.717, 1.165) is 29.2 Å². The minimum atomic E-state index is -0.399. The van der Waals surface area contributed by atoms with Crippen molar-refractivity contribution >= 4 is 70.5 Å². The number of nitro benzene ring substituents is 2. The van der Waals surface area contributed by atoms with Crippen molar-refractivity contribution in [2.24, 2.45) is 10.2 Å². The SMILES string of the molecule is O=[N+]([O-])c1ccc([Se]c2ccc(N=Nc3ccc([Se]c4ccc([N+](=O)[O-])cc4)cc3)cc2)cc1. The molecule has 34 heavy (non-hydrogen) atoms. The van der Waals surface area contributed by atoms with Gasteiger partial charge in [-0.25, -0.2) is 0 Å². The van der Waals surface area contributed by atoms with Crippen LogP contribution in [0.1, 0.15) is 0 Å². The van der Waals surface area contributed by atoms with Gasteiger partial charge in [0, 0.05) is 0 Å². The number of non-ortho nitro benzene ring substituents is 2. The van der Waals surface area contributed by atoms with Gasteiger partial charge in [-0.15, -0.1) is 0 Å². The van der Waals surface area contributed by atoms with E-state index in [2.05, 4.69) is 10.2 Å². The molecular formula is C24H16N4O4Se2. The molecule has 8 nitrogen and oxygen atoms in total. The molecule has 0 unspecified atom stereocenters. The van der Waals surface area contributed by atoms with Gasteiger partial charge < -0.3 is 0 Å². The average molecular weight is 582 g/mol. The zero-order chi connectivity index (χ0) is 23.9. The van der Waals surface area contributed by atoms with Gasteiger partial charge in [0.2, 0.25) is 0 Å². The number of rotatable bonds is 8. The quantitative estimate of drug-likeness (QED) is 0.138. The van der Waals surface area contributed by atoms with Crippen molar-refractivity contribution in [3.8, 4) is 0 Å². The van der Waals surface area contributed by atoms with Gasteiger partial charge in [0.15, 0.2) is 0 Å². The zero-order valence-electron chi connectivity index (χ0n) is 17.5. The Morgan fingerprint density at radius 1 is 0.471 bits per heavy atom. The Morgan fingerprint density at radius 3 is 1.00 bits per heavy atom. The third-order valence-corrected chi connectivity index (χ3v) is 8.78. The van der Waals surface area contributed by atoms with Gasteiger partial charge in [-0.3, -0.25) is 0 Å². The summed E-state index contributed by atoms with van der Waals surface area (Å²) in [4.78, 5) is 20.7. The van der Waals surface area contributed by atoms with E-state index in [9.17, 15) is 20.2 Å². The maximum absolute atomic E-state index is 10.8. The monoisotopic (exact) mass is 584 g/mol. The fourth-order valence-electron chi connectivity index (χ4n) is 2.82. The molecule has 0 N–H and O–H groups in total. The molecule has 0 saturated carbocycles. The molecule has 4 rings (SSSR count). The molecule has 4 aromatic carbocycles. The van der Waals surface area contributed by atoms with Gasteiger partial charge >= 0.3 is 208 Å². The molecule has 4 aromatic rings. The summed E-state index contributed by atoms with van der Waals surface area (Å²) >= 11 is 0.0953. The minimum absolute atomic E-state index is 0.0477. The van der Waals surface area contributed by atoms with Crippen LogP contribution < -0.4 is 17.8 Å². The second kappa shape index (κ2) is 11.0. The van der Waals surface area contributed by atoms with Gasteiger partial charge in [-0.05, 0) is 0 Å². The van der Waals surface area contributed by atoms with E-state index in [-0.39, 0.29) is 41.3 Å². The van der Waals surface area contributed by atoms with Crippen LogP contribution >= 0.6 is 0 Å². The Balaban J connectivity index is 1.34. The second-order valence-electron chi connectivity index (χ2n) is 6.89. The Bertz CT molecular complexity index is 1220. The second-order valence-corrected chi connectivity index (χ2v) is 11.7. The third-order valence-electron chi connectivity index (χ3n) is 4.52. The molecule has 0 radical (unpaired) electrons. The van der Waals surface area contributed by atoms with Crippen LogP contribution in [0.25, 0.3) is 0 Å². The summed E-state index contributed by atoms with van der Waals surface area (Å²) in [7, 11) is 0. The Hall–Kier alpha value is -3.68. The molecule has 0 heterocycles. The first-order chi connectivity index (χ1) is 16.5. The molecule has 0 atom stereocenters. The molecule has 168 valence electrons. The van der Waals surface area contributed by atoms with E-state index >= 15 is 0 Å². The topological polar surface area (TPSA) is 111 Å². The summed E-state index contributed by atoms with van der Waals surface area (Å²) in [5, 5.41) is 30.1. The first-order valence-corrected chi connectivity index (χ1v) is 13.4. The van der Waals surface area contributed by atoms with Crippen LogP contribution in [0.5, 0.6) is 0 Å². The summed E-state index contributed by atoms with van der Waals surface area (Å²) < 4.78 is 4.39. The van der Waals surface area contributed by atoms with E-state index < -0.39 is 9.85 Å². The molecule has 0 aliphatic rings. The molecule has 0 fully saturated rings. The van der Waals surface area contributed by atoms with Gasteiger partial charge in [0.1, 0.15) is 0 Å². The predicted octanol–water partition coefficient (Wildman–Crippen LogP) is 3.23. The summed E-state index contributed by atoms with van der Waals surface area (Å²) in [5.74, 6) is 0. The summed E-state index contributed by atoms with van der Waals surface area (Å²) in [6, 6.07) is 28.8. The third kappa shape index (κ3) is 6.43. The van der Waals surface area contributed by atoms with Crippen molar-refractivity contribution in [1.29, 1.82) is 0 Å². The van der Waals surface area contributed by atoms with Crippen LogP contribution in [0.4, 0.5) is 22.7 Å². The Kier molecular flexibility index (Phi) is 7.57. The van der Waals surface area contributed by atoms with Gasteiger partial charge in [-0.2, -0.15) is 0 Å². The van der Waals surface area contributed by atoms with E-state index in [1.165, 1.54) is 24.3 Å². The van der Waals surface area contributed by atoms with Gasteiger partial charge in [0.05, 0.1) is 0 Å². The fourth-order valence-corrected chi connectivity index (χ4v) is 6.25. The maximum atomic E-state index is 10.8. The number of hydrogen-bond donors (Lipinski definition) is 0. The molecule has 10 heteroatoms. The van der Waals surface area contributed by atoms with Crippen molar-refractivity contribution < 1.29 is 9.85 Å². The Morgan fingerprint density at radius 2 is 0.735 bits per heavy atom. The summed E-state index contributed by atoms with van der Waals surface area (Å²) in [5.41, 5.74) is 1.66. The van der Waals surface area contributed by atoms with Crippen molar-refractivity contribution in [3.05, 3.63) is 117 Å². The van der Waals surface area contributed by atoms with Crippen LogP contribution in [-0.2, 0) is 0 Å². The average Bonchev–Trinajstić information content (AvgIpc) is 2.85. The first-order valence-electron chi connectivity index (χ1n) is 9.93. The van der Waals surface area contributed by atoms with E-state index in [4.69, 9.17) is 0 Å². The molecule has 0 aliphatic carbocycles.